The Hall–Kier alpha value is -2.82. The molecule has 0 bridgehead atoms. The highest BCUT2D eigenvalue weighted by Gasteiger charge is 2.31. The predicted octanol–water partition coefficient (Wildman–Crippen LogP) is 3.35. The van der Waals surface area contributed by atoms with Gasteiger partial charge in [0.1, 0.15) is 5.75 Å². The van der Waals surface area contributed by atoms with Crippen molar-refractivity contribution in [3.05, 3.63) is 65.7 Å². The normalized spacial score (nSPS) is 17.6. The number of nitrogens with zero attached hydrogens (tertiary/aromatic N) is 2. The van der Waals surface area contributed by atoms with Gasteiger partial charge in [-0.15, -0.1) is 0 Å². The van der Waals surface area contributed by atoms with Crippen LogP contribution in [0.15, 0.2) is 54.6 Å². The molecule has 1 fully saturated rings. The van der Waals surface area contributed by atoms with Crippen LogP contribution in [0, 0.1) is 0 Å². The quantitative estimate of drug-likeness (QED) is 0.815. The number of methoxy groups -OCH3 is 1. The Balaban J connectivity index is 1.78. The summed E-state index contributed by atoms with van der Waals surface area (Å²) in [4.78, 5) is 29.5. The van der Waals surface area contributed by atoms with Gasteiger partial charge in [0.05, 0.1) is 7.11 Å². The number of carbonyl (C=O) groups is 2. The lowest BCUT2D eigenvalue weighted by molar-refractivity contribution is -0.133. The maximum absolute atomic E-state index is 13.0. The van der Waals surface area contributed by atoms with Crippen LogP contribution in [-0.2, 0) is 11.3 Å². The summed E-state index contributed by atoms with van der Waals surface area (Å²) in [5, 5.41) is 0. The van der Waals surface area contributed by atoms with Gasteiger partial charge in [-0.2, -0.15) is 0 Å². The second-order valence-electron chi connectivity index (χ2n) is 6.80. The first-order chi connectivity index (χ1) is 13.1. The average molecular weight is 366 g/mol. The number of carbonyl (C=O) groups excluding carboxylic acids is 2. The minimum Gasteiger partial charge on any atom is -0.497 e. The molecule has 2 amide bonds. The lowest BCUT2D eigenvalue weighted by Crippen LogP contribution is -2.43. The van der Waals surface area contributed by atoms with Gasteiger partial charge in [0.2, 0.25) is 5.91 Å². The molecule has 27 heavy (non-hydrogen) atoms. The maximum atomic E-state index is 13.0. The van der Waals surface area contributed by atoms with Gasteiger partial charge >= 0.3 is 0 Å². The molecule has 2 aromatic rings. The summed E-state index contributed by atoms with van der Waals surface area (Å²) >= 11 is 0. The van der Waals surface area contributed by atoms with Crippen molar-refractivity contribution in [1.29, 1.82) is 0 Å². The van der Waals surface area contributed by atoms with Gasteiger partial charge in [-0.05, 0) is 30.2 Å². The van der Waals surface area contributed by atoms with E-state index in [0.29, 0.717) is 37.4 Å². The Morgan fingerprint density at radius 2 is 1.93 bits per heavy atom. The SMILES string of the molecule is CC[C@H]1CN(C(=O)c2cccc(OC)c2)CCC(=O)N1Cc1ccccc1. The van der Waals surface area contributed by atoms with Crippen molar-refractivity contribution in [2.45, 2.75) is 32.4 Å². The molecule has 0 unspecified atom stereocenters. The zero-order chi connectivity index (χ0) is 19.2. The van der Waals surface area contributed by atoms with Gasteiger partial charge in [-0.3, -0.25) is 9.59 Å². The van der Waals surface area contributed by atoms with Crippen molar-refractivity contribution in [1.82, 2.24) is 9.80 Å². The fourth-order valence-electron chi connectivity index (χ4n) is 3.49. The van der Waals surface area contributed by atoms with E-state index < -0.39 is 0 Å². The zero-order valence-electron chi connectivity index (χ0n) is 15.9. The Labute approximate surface area is 160 Å². The molecule has 5 heteroatoms. The molecule has 1 saturated heterocycles. The highest BCUT2D eigenvalue weighted by Crippen LogP contribution is 2.20. The van der Waals surface area contributed by atoms with E-state index in [1.807, 2.05) is 47.4 Å². The van der Waals surface area contributed by atoms with Crippen molar-refractivity contribution in [3.63, 3.8) is 0 Å². The van der Waals surface area contributed by atoms with Gasteiger partial charge in [0.25, 0.3) is 5.91 Å². The third-order valence-electron chi connectivity index (χ3n) is 5.06. The second-order valence-corrected chi connectivity index (χ2v) is 6.80. The van der Waals surface area contributed by atoms with E-state index in [-0.39, 0.29) is 17.9 Å². The van der Waals surface area contributed by atoms with Crippen LogP contribution in [0.3, 0.4) is 0 Å². The molecule has 0 radical (unpaired) electrons. The van der Waals surface area contributed by atoms with Crippen molar-refractivity contribution < 1.29 is 14.3 Å². The Bertz CT molecular complexity index is 791. The summed E-state index contributed by atoms with van der Waals surface area (Å²) in [5.74, 6) is 0.706. The molecule has 3 rings (SSSR count). The molecule has 1 aliphatic rings. The first kappa shape index (κ1) is 19.0. The number of amides is 2. The lowest BCUT2D eigenvalue weighted by Gasteiger charge is -2.31. The summed E-state index contributed by atoms with van der Waals surface area (Å²) in [5.41, 5.74) is 1.70. The van der Waals surface area contributed by atoms with E-state index in [0.717, 1.165) is 12.0 Å². The number of benzene rings is 2. The third kappa shape index (κ3) is 4.48. The smallest absolute Gasteiger partial charge is 0.254 e. The van der Waals surface area contributed by atoms with E-state index in [1.165, 1.54) is 0 Å². The molecule has 5 nitrogen and oxygen atoms in total. The third-order valence-corrected chi connectivity index (χ3v) is 5.06. The standard InChI is InChI=1S/C22H26N2O3/c1-3-19-16-23(22(26)18-10-7-11-20(14-18)27-2)13-12-21(25)24(19)15-17-8-5-4-6-9-17/h4-11,14,19H,3,12-13,15-16H2,1-2H3/t19-/m0/s1. The van der Waals surface area contributed by atoms with Crippen molar-refractivity contribution in [2.75, 3.05) is 20.2 Å². The van der Waals surface area contributed by atoms with Crippen LogP contribution in [0.4, 0.5) is 0 Å². The first-order valence-electron chi connectivity index (χ1n) is 9.39. The minimum absolute atomic E-state index is 0.00904. The van der Waals surface area contributed by atoms with Crippen LogP contribution in [0.5, 0.6) is 5.75 Å². The van der Waals surface area contributed by atoms with Crippen LogP contribution in [-0.4, -0.2) is 47.9 Å². The summed E-state index contributed by atoms with van der Waals surface area (Å²) in [6.07, 6.45) is 1.15. The average Bonchev–Trinajstić information content (AvgIpc) is 2.87. The van der Waals surface area contributed by atoms with Crippen LogP contribution < -0.4 is 4.74 Å². The van der Waals surface area contributed by atoms with Gasteiger partial charge < -0.3 is 14.5 Å². The fraction of sp³-hybridized carbons (Fsp3) is 0.364. The first-order valence-corrected chi connectivity index (χ1v) is 9.39. The minimum atomic E-state index is -0.0540. The summed E-state index contributed by atoms with van der Waals surface area (Å²) in [6, 6.07) is 17.2. The Morgan fingerprint density at radius 1 is 1.15 bits per heavy atom. The van der Waals surface area contributed by atoms with Crippen LogP contribution >= 0.6 is 0 Å². The van der Waals surface area contributed by atoms with Gasteiger partial charge in [-0.1, -0.05) is 43.3 Å². The molecular weight excluding hydrogens is 340 g/mol. The number of ether oxygens (including phenoxy) is 1. The molecule has 2 aromatic carbocycles. The van der Waals surface area contributed by atoms with Gasteiger partial charge in [-0.25, -0.2) is 0 Å². The number of hydrogen-bond donors (Lipinski definition) is 0. The van der Waals surface area contributed by atoms with Gasteiger partial charge in [0, 0.05) is 37.7 Å². The molecular formula is C22H26N2O3. The predicted molar refractivity (Wildman–Crippen MR) is 105 cm³/mol. The highest BCUT2D eigenvalue weighted by atomic mass is 16.5. The monoisotopic (exact) mass is 366 g/mol. The molecule has 1 aliphatic heterocycles. The molecule has 1 heterocycles. The van der Waals surface area contributed by atoms with E-state index >= 15 is 0 Å². The Morgan fingerprint density at radius 3 is 2.63 bits per heavy atom. The maximum Gasteiger partial charge on any atom is 0.254 e. The van der Waals surface area contributed by atoms with Crippen LogP contribution in [0.2, 0.25) is 0 Å². The molecule has 142 valence electrons. The van der Waals surface area contributed by atoms with Crippen molar-refractivity contribution >= 4 is 11.8 Å². The molecule has 1 atom stereocenters. The fourth-order valence-corrected chi connectivity index (χ4v) is 3.49. The Kier molecular flexibility index (Phi) is 6.12. The van der Waals surface area contributed by atoms with Crippen molar-refractivity contribution in [2.24, 2.45) is 0 Å². The van der Waals surface area contributed by atoms with E-state index in [4.69, 9.17) is 4.74 Å². The molecule has 0 aliphatic carbocycles. The molecule has 0 N–H and O–H groups in total. The molecule has 0 saturated carbocycles. The van der Waals surface area contributed by atoms with E-state index in [1.54, 1.807) is 24.1 Å². The van der Waals surface area contributed by atoms with Crippen LogP contribution in [0.1, 0.15) is 35.7 Å². The number of hydrogen-bond acceptors (Lipinski definition) is 3. The van der Waals surface area contributed by atoms with E-state index in [9.17, 15) is 9.59 Å². The number of rotatable bonds is 5. The summed E-state index contributed by atoms with van der Waals surface area (Å²) in [6.45, 7) is 3.64. The van der Waals surface area contributed by atoms with Crippen LogP contribution in [0.25, 0.3) is 0 Å². The van der Waals surface area contributed by atoms with Crippen molar-refractivity contribution in [3.8, 4) is 5.75 Å². The molecule has 0 spiro atoms. The van der Waals surface area contributed by atoms with Gasteiger partial charge in [0.15, 0.2) is 0 Å². The lowest BCUT2D eigenvalue weighted by atomic mass is 10.1. The zero-order valence-corrected chi connectivity index (χ0v) is 15.9. The largest absolute Gasteiger partial charge is 0.497 e. The van der Waals surface area contributed by atoms with E-state index in [2.05, 4.69) is 6.92 Å². The topological polar surface area (TPSA) is 49.9 Å². The summed E-state index contributed by atoms with van der Waals surface area (Å²) < 4.78 is 5.23. The highest BCUT2D eigenvalue weighted by molar-refractivity contribution is 5.95. The molecule has 0 aromatic heterocycles. The summed E-state index contributed by atoms with van der Waals surface area (Å²) in [7, 11) is 1.59. The second kappa shape index (κ2) is 8.71.